The van der Waals surface area contributed by atoms with Gasteiger partial charge in [0.05, 0.1) is 11.7 Å². The average molecular weight is 134 g/mol. The van der Waals surface area contributed by atoms with Crippen LogP contribution >= 0.6 is 11.7 Å². The molecule has 0 bridgehead atoms. The van der Waals surface area contributed by atoms with Gasteiger partial charge in [0.25, 0.3) is 0 Å². The third kappa shape index (κ3) is 0.695. The molecule has 3 heteroatoms. The second kappa shape index (κ2) is 1.77. The maximum absolute atomic E-state index is 3.96. The molecule has 0 fully saturated rings. The van der Waals surface area contributed by atoms with E-state index in [9.17, 15) is 0 Å². The SMILES string of the molecule is [c]1cc[c]c2nsnc12. The summed E-state index contributed by atoms with van der Waals surface area (Å²) in [5.41, 5.74) is 1.62. The molecule has 2 aromatic rings. The Kier molecular flexibility index (Phi) is 0.960. The second-order valence-electron chi connectivity index (χ2n) is 1.58. The van der Waals surface area contributed by atoms with Crippen molar-refractivity contribution in [3.63, 3.8) is 0 Å². The highest BCUT2D eigenvalue weighted by molar-refractivity contribution is 7.00. The molecular formula is C6H2N2S. The lowest BCUT2D eigenvalue weighted by Crippen LogP contribution is -1.65. The van der Waals surface area contributed by atoms with Crippen LogP contribution in [0.15, 0.2) is 12.1 Å². The van der Waals surface area contributed by atoms with Gasteiger partial charge < -0.3 is 0 Å². The molecule has 0 aliphatic rings. The molecule has 2 nitrogen and oxygen atoms in total. The second-order valence-corrected chi connectivity index (χ2v) is 2.11. The van der Waals surface area contributed by atoms with E-state index in [2.05, 4.69) is 20.9 Å². The van der Waals surface area contributed by atoms with Crippen molar-refractivity contribution in [3.8, 4) is 0 Å². The third-order valence-electron chi connectivity index (χ3n) is 1.01. The fourth-order valence-electron chi connectivity index (χ4n) is 0.619. The zero-order chi connectivity index (χ0) is 6.10. The number of aromatic nitrogens is 2. The minimum Gasteiger partial charge on any atom is -0.172 e. The van der Waals surface area contributed by atoms with Gasteiger partial charge in [0.1, 0.15) is 11.0 Å². The number of hydrogen-bond acceptors (Lipinski definition) is 3. The van der Waals surface area contributed by atoms with E-state index in [0.29, 0.717) is 0 Å². The Morgan fingerprint density at radius 1 is 1.11 bits per heavy atom. The van der Waals surface area contributed by atoms with Gasteiger partial charge in [-0.15, -0.1) is 0 Å². The van der Waals surface area contributed by atoms with Gasteiger partial charge in [0.15, 0.2) is 0 Å². The van der Waals surface area contributed by atoms with Gasteiger partial charge in [-0.2, -0.15) is 8.75 Å². The van der Waals surface area contributed by atoms with Crippen LogP contribution in [0, 0.1) is 12.1 Å². The first-order valence-corrected chi connectivity index (χ1v) is 3.20. The summed E-state index contributed by atoms with van der Waals surface area (Å²) in [6, 6.07) is 9.44. The number of hydrogen-bond donors (Lipinski definition) is 0. The highest BCUT2D eigenvalue weighted by Crippen LogP contribution is 2.06. The minimum atomic E-state index is 0.808. The highest BCUT2D eigenvalue weighted by Gasteiger charge is 1.92. The van der Waals surface area contributed by atoms with Crippen molar-refractivity contribution in [3.05, 3.63) is 24.3 Å². The Morgan fingerprint density at radius 2 is 1.67 bits per heavy atom. The largest absolute Gasteiger partial charge is 0.172 e. The summed E-state index contributed by atoms with van der Waals surface area (Å²) in [5.74, 6) is 0. The van der Waals surface area contributed by atoms with E-state index in [4.69, 9.17) is 0 Å². The summed E-state index contributed by atoms with van der Waals surface area (Å²) < 4.78 is 7.92. The smallest absolute Gasteiger partial charge is 0.113 e. The molecule has 9 heavy (non-hydrogen) atoms. The molecule has 0 unspecified atom stereocenters. The normalized spacial score (nSPS) is 10.2. The third-order valence-corrected chi connectivity index (χ3v) is 1.54. The monoisotopic (exact) mass is 134 g/mol. The summed E-state index contributed by atoms with van der Waals surface area (Å²) in [5, 5.41) is 0. The fraction of sp³-hybridized carbons (Fsp3) is 0. The number of benzene rings is 1. The fourth-order valence-corrected chi connectivity index (χ4v) is 1.10. The first kappa shape index (κ1) is 4.88. The molecule has 1 aromatic carbocycles. The van der Waals surface area contributed by atoms with Crippen molar-refractivity contribution >= 4 is 22.8 Å². The zero-order valence-corrected chi connectivity index (χ0v) is 5.27. The molecule has 1 heterocycles. The molecule has 0 spiro atoms. The number of nitrogens with zero attached hydrogens (tertiary/aromatic N) is 2. The van der Waals surface area contributed by atoms with E-state index < -0.39 is 0 Å². The molecular weight excluding hydrogens is 132 g/mol. The summed E-state index contributed by atoms with van der Waals surface area (Å²) in [6.45, 7) is 0. The van der Waals surface area contributed by atoms with Crippen molar-refractivity contribution in [2.45, 2.75) is 0 Å². The maximum atomic E-state index is 3.96. The van der Waals surface area contributed by atoms with Gasteiger partial charge in [-0.1, -0.05) is 12.1 Å². The summed E-state index contributed by atoms with van der Waals surface area (Å²) in [4.78, 5) is 0. The van der Waals surface area contributed by atoms with Crippen LogP contribution in [0.1, 0.15) is 0 Å². The van der Waals surface area contributed by atoms with Crippen molar-refractivity contribution in [2.75, 3.05) is 0 Å². The maximum Gasteiger partial charge on any atom is 0.113 e. The minimum absolute atomic E-state index is 0.808. The van der Waals surface area contributed by atoms with E-state index >= 15 is 0 Å². The Bertz CT molecular complexity index is 285. The van der Waals surface area contributed by atoms with Gasteiger partial charge in [-0.25, -0.2) is 0 Å². The predicted octanol–water partition coefficient (Wildman–Crippen LogP) is 1.29. The summed E-state index contributed by atoms with van der Waals surface area (Å²) >= 11 is 1.19. The van der Waals surface area contributed by atoms with Gasteiger partial charge in [-0.05, 0) is 0 Å². The van der Waals surface area contributed by atoms with Crippen molar-refractivity contribution < 1.29 is 0 Å². The van der Waals surface area contributed by atoms with E-state index in [1.54, 1.807) is 12.1 Å². The van der Waals surface area contributed by atoms with Crippen LogP contribution in [-0.4, -0.2) is 8.75 Å². The molecule has 0 aliphatic heterocycles. The topological polar surface area (TPSA) is 25.8 Å². The zero-order valence-electron chi connectivity index (χ0n) is 4.46. The van der Waals surface area contributed by atoms with E-state index in [1.807, 2.05) is 0 Å². The van der Waals surface area contributed by atoms with Crippen molar-refractivity contribution in [2.24, 2.45) is 0 Å². The molecule has 2 rings (SSSR count). The van der Waals surface area contributed by atoms with Crippen LogP contribution in [0.25, 0.3) is 11.0 Å². The first-order chi connectivity index (χ1) is 4.47. The quantitative estimate of drug-likeness (QED) is 0.542. The van der Waals surface area contributed by atoms with Gasteiger partial charge in [0, 0.05) is 12.1 Å². The van der Waals surface area contributed by atoms with Gasteiger partial charge in [0.2, 0.25) is 0 Å². The summed E-state index contributed by atoms with van der Waals surface area (Å²) in [7, 11) is 0. The van der Waals surface area contributed by atoms with Crippen LogP contribution in [0.2, 0.25) is 0 Å². The number of rotatable bonds is 0. The molecule has 0 aliphatic carbocycles. The molecule has 0 atom stereocenters. The van der Waals surface area contributed by atoms with Crippen LogP contribution in [0.3, 0.4) is 0 Å². The van der Waals surface area contributed by atoms with Gasteiger partial charge in [-0.3, -0.25) is 0 Å². The van der Waals surface area contributed by atoms with E-state index in [-0.39, 0.29) is 0 Å². The Hall–Kier alpha value is -0.960. The van der Waals surface area contributed by atoms with Crippen molar-refractivity contribution in [1.29, 1.82) is 0 Å². The highest BCUT2D eigenvalue weighted by atomic mass is 32.1. The summed E-state index contributed by atoms with van der Waals surface area (Å²) in [6.07, 6.45) is 0. The van der Waals surface area contributed by atoms with Crippen LogP contribution in [-0.2, 0) is 0 Å². The van der Waals surface area contributed by atoms with Gasteiger partial charge >= 0.3 is 0 Å². The Labute approximate surface area is 56.5 Å². The molecule has 0 saturated carbocycles. The Balaban J connectivity index is 2.95. The first-order valence-electron chi connectivity index (χ1n) is 2.47. The molecule has 0 amide bonds. The molecule has 0 N–H and O–H groups in total. The predicted molar refractivity (Wildman–Crippen MR) is 35.1 cm³/mol. The molecule has 0 saturated heterocycles. The lowest BCUT2D eigenvalue weighted by Gasteiger charge is -1.76. The van der Waals surface area contributed by atoms with Crippen LogP contribution in [0.4, 0.5) is 0 Å². The Morgan fingerprint density at radius 3 is 2.22 bits per heavy atom. The van der Waals surface area contributed by atoms with E-state index in [1.165, 1.54) is 11.7 Å². The molecule has 2 radical (unpaired) electrons. The lowest BCUT2D eigenvalue weighted by atomic mass is 10.3. The average Bonchev–Trinajstić information content (AvgIpc) is 2.33. The van der Waals surface area contributed by atoms with Crippen molar-refractivity contribution in [1.82, 2.24) is 8.75 Å². The van der Waals surface area contributed by atoms with E-state index in [0.717, 1.165) is 11.0 Å². The van der Waals surface area contributed by atoms with Crippen LogP contribution < -0.4 is 0 Å². The standard InChI is InChI=1S/C6H2N2S/c1-2-4-6-5(3-1)7-9-8-6/h1-2H. The number of fused-ring (bicyclic) bond motifs is 1. The van der Waals surface area contributed by atoms with Crippen LogP contribution in [0.5, 0.6) is 0 Å². The molecule has 42 valence electrons. The molecule has 1 aromatic heterocycles. The lowest BCUT2D eigenvalue weighted by molar-refractivity contribution is 1.62.